The number of rotatable bonds is 6. The van der Waals surface area contributed by atoms with E-state index in [2.05, 4.69) is 140 Å². The molecule has 242 valence electrons. The van der Waals surface area contributed by atoms with Gasteiger partial charge in [0.1, 0.15) is 7.14 Å². The molecule has 2 heterocycles. The van der Waals surface area contributed by atoms with Gasteiger partial charge in [-0.3, -0.25) is 0 Å². The zero-order valence-corrected chi connectivity index (χ0v) is 29.0. The maximum absolute atomic E-state index is 13.6. The smallest absolute Gasteiger partial charge is 0.160 e. The Bertz CT molecular complexity index is 2580. The van der Waals surface area contributed by atoms with Gasteiger partial charge >= 0.3 is 0 Å². The summed E-state index contributed by atoms with van der Waals surface area (Å²) in [5.41, 5.74) is 13.9. The molecule has 9 rings (SSSR count). The molecule has 1 unspecified atom stereocenters. The summed E-state index contributed by atoms with van der Waals surface area (Å²) in [6.07, 6.45) is 0. The Hall–Kier alpha value is -6.15. The summed E-state index contributed by atoms with van der Waals surface area (Å²) in [4.78, 5) is 10.0. The van der Waals surface area contributed by atoms with Gasteiger partial charge in [0.15, 0.2) is 5.82 Å². The number of aromatic nitrogens is 2. The Morgan fingerprint density at radius 3 is 1.29 bits per heavy atom. The van der Waals surface area contributed by atoms with E-state index in [-0.39, 0.29) is 0 Å². The molecule has 0 fully saturated rings. The lowest BCUT2D eigenvalue weighted by Gasteiger charge is -2.11. The highest BCUT2D eigenvalue weighted by molar-refractivity contribution is 7.79. The van der Waals surface area contributed by atoms with Crippen LogP contribution in [0.2, 0.25) is 0 Å². The lowest BCUT2D eigenvalue weighted by molar-refractivity contribution is 0.591. The first-order valence-corrected chi connectivity index (χ1v) is 19.3. The van der Waals surface area contributed by atoms with Crippen LogP contribution >= 0.6 is 7.14 Å². The van der Waals surface area contributed by atoms with Crippen molar-refractivity contribution in [1.29, 1.82) is 0 Å². The van der Waals surface area contributed by atoms with E-state index in [1.165, 1.54) is 11.1 Å². The summed E-state index contributed by atoms with van der Waals surface area (Å²) >= 11 is 0. The Balaban J connectivity index is 1.01. The molecule has 1 atom stereocenters. The average Bonchev–Trinajstić information content (AvgIpc) is 3.44. The molecule has 1 aromatic heterocycles. The third-order valence-electron chi connectivity index (χ3n) is 9.89. The van der Waals surface area contributed by atoms with E-state index in [9.17, 15) is 4.57 Å². The average molecular weight is 673 g/mol. The minimum Gasteiger partial charge on any atom is -0.314 e. The highest BCUT2D eigenvalue weighted by atomic mass is 31.2. The molecule has 0 radical (unpaired) electrons. The zero-order valence-electron chi connectivity index (χ0n) is 28.1. The van der Waals surface area contributed by atoms with Crippen LogP contribution in [0, 0.1) is 0 Å². The summed E-state index contributed by atoms with van der Waals surface area (Å²) in [7, 11) is -2.57. The third-order valence-corrected chi connectivity index (χ3v) is 12.5. The third kappa shape index (κ3) is 5.72. The maximum atomic E-state index is 13.6. The van der Waals surface area contributed by atoms with E-state index in [4.69, 9.17) is 9.97 Å². The van der Waals surface area contributed by atoms with Crippen molar-refractivity contribution in [3.05, 3.63) is 182 Å². The van der Waals surface area contributed by atoms with Crippen molar-refractivity contribution in [2.75, 3.05) is 6.66 Å². The predicted molar refractivity (Wildman–Crippen MR) is 213 cm³/mol. The first kappa shape index (κ1) is 30.9. The van der Waals surface area contributed by atoms with E-state index in [1.54, 1.807) is 0 Å². The van der Waals surface area contributed by atoms with Gasteiger partial charge in [0.2, 0.25) is 0 Å². The number of nitrogens with zero attached hydrogens (tertiary/aromatic N) is 2. The number of fused-ring (bicyclic) bond motifs is 3. The van der Waals surface area contributed by atoms with Crippen molar-refractivity contribution in [3.8, 4) is 78.4 Å². The van der Waals surface area contributed by atoms with Gasteiger partial charge < -0.3 is 4.57 Å². The molecule has 8 aromatic rings. The summed E-state index contributed by atoms with van der Waals surface area (Å²) in [5.74, 6) is 0.701. The predicted octanol–water partition coefficient (Wildman–Crippen LogP) is 11.4. The van der Waals surface area contributed by atoms with Crippen LogP contribution in [0.1, 0.15) is 0 Å². The van der Waals surface area contributed by atoms with Gasteiger partial charge in [0, 0.05) is 27.3 Å². The first-order chi connectivity index (χ1) is 25.0. The number of hydrogen-bond donors (Lipinski definition) is 0. The van der Waals surface area contributed by atoms with Crippen LogP contribution in [0.3, 0.4) is 0 Å². The second-order valence-corrected chi connectivity index (χ2v) is 15.9. The highest BCUT2D eigenvalue weighted by Gasteiger charge is 2.34. The fourth-order valence-electron chi connectivity index (χ4n) is 7.12. The zero-order chi connectivity index (χ0) is 34.4. The molecule has 0 amide bonds. The van der Waals surface area contributed by atoms with Crippen molar-refractivity contribution in [1.82, 2.24) is 9.97 Å². The fraction of sp³-hybridized carbons (Fsp3) is 0.0213. The van der Waals surface area contributed by atoms with Gasteiger partial charge in [-0.25, -0.2) is 9.97 Å². The molecular weight excluding hydrogens is 640 g/mol. The Labute approximate surface area is 298 Å². The summed E-state index contributed by atoms with van der Waals surface area (Å²) < 4.78 is 13.6. The van der Waals surface area contributed by atoms with E-state index in [0.717, 1.165) is 72.1 Å². The normalized spacial score (nSPS) is 14.5. The fourth-order valence-corrected chi connectivity index (χ4v) is 9.41. The Morgan fingerprint density at radius 2 is 0.745 bits per heavy atom. The van der Waals surface area contributed by atoms with Crippen LogP contribution in [0.25, 0.3) is 78.4 Å². The molecular formula is C47H33N2OP. The Kier molecular flexibility index (Phi) is 7.64. The van der Waals surface area contributed by atoms with Crippen molar-refractivity contribution in [2.45, 2.75) is 0 Å². The number of hydrogen-bond acceptors (Lipinski definition) is 3. The quantitative estimate of drug-likeness (QED) is 0.165. The lowest BCUT2D eigenvalue weighted by Crippen LogP contribution is -2.07. The van der Waals surface area contributed by atoms with Gasteiger partial charge in [-0.15, -0.1) is 0 Å². The van der Waals surface area contributed by atoms with Crippen LogP contribution in [-0.2, 0) is 4.57 Å². The Morgan fingerprint density at radius 1 is 0.353 bits per heavy atom. The molecule has 0 aliphatic carbocycles. The van der Waals surface area contributed by atoms with Crippen molar-refractivity contribution >= 4 is 17.8 Å². The molecule has 0 bridgehead atoms. The largest absolute Gasteiger partial charge is 0.314 e. The summed E-state index contributed by atoms with van der Waals surface area (Å²) in [6.45, 7) is 1.88. The van der Waals surface area contributed by atoms with Crippen molar-refractivity contribution in [3.63, 3.8) is 0 Å². The van der Waals surface area contributed by atoms with Crippen molar-refractivity contribution in [2.24, 2.45) is 0 Å². The topological polar surface area (TPSA) is 42.9 Å². The maximum Gasteiger partial charge on any atom is 0.160 e. The molecule has 1 aliphatic heterocycles. The van der Waals surface area contributed by atoms with Gasteiger partial charge in [0.25, 0.3) is 0 Å². The highest BCUT2D eigenvalue weighted by Crippen LogP contribution is 2.50. The summed E-state index contributed by atoms with van der Waals surface area (Å²) in [6, 6.07) is 63.0. The molecule has 0 spiro atoms. The van der Waals surface area contributed by atoms with Crippen LogP contribution in [-0.4, -0.2) is 16.6 Å². The molecule has 1 aliphatic rings. The van der Waals surface area contributed by atoms with Crippen molar-refractivity contribution < 1.29 is 4.57 Å². The van der Waals surface area contributed by atoms with E-state index < -0.39 is 7.14 Å². The van der Waals surface area contributed by atoms with Crippen LogP contribution < -0.4 is 10.6 Å². The second kappa shape index (κ2) is 12.6. The minimum atomic E-state index is -2.57. The molecule has 51 heavy (non-hydrogen) atoms. The van der Waals surface area contributed by atoms with E-state index in [0.29, 0.717) is 5.82 Å². The van der Waals surface area contributed by atoms with E-state index in [1.807, 2.05) is 49.1 Å². The van der Waals surface area contributed by atoms with Crippen LogP contribution in [0.4, 0.5) is 0 Å². The molecule has 0 saturated heterocycles. The van der Waals surface area contributed by atoms with Crippen LogP contribution in [0.15, 0.2) is 182 Å². The number of benzene rings is 7. The first-order valence-electron chi connectivity index (χ1n) is 17.1. The van der Waals surface area contributed by atoms with Gasteiger partial charge in [-0.2, -0.15) is 0 Å². The van der Waals surface area contributed by atoms with Gasteiger partial charge in [0.05, 0.1) is 11.4 Å². The standard InChI is InChI=1S/C47H33N2OP/c1-51(50)45-15-9-8-14-41(45)42-30-40(28-29-46(42)51)36-18-16-34(17-19-36)35-22-26-38(27-23-35)44-31-43(48-47(49-44)39-12-6-3-7-13-39)37-24-20-33(21-25-37)32-10-4-2-5-11-32/h2-31H,1H3. The van der Waals surface area contributed by atoms with Crippen LogP contribution in [0.5, 0.6) is 0 Å². The van der Waals surface area contributed by atoms with Gasteiger partial charge in [-0.1, -0.05) is 164 Å². The van der Waals surface area contributed by atoms with E-state index >= 15 is 0 Å². The SMILES string of the molecule is CP1(=O)c2ccccc2-c2cc(-c3ccc(-c4ccc(-c5cc(-c6ccc(-c7ccccc7)cc6)nc(-c6ccccc6)n5)cc4)cc3)ccc21. The molecule has 3 nitrogen and oxygen atoms in total. The van der Waals surface area contributed by atoms with Gasteiger partial charge in [-0.05, 0) is 69.4 Å². The molecule has 0 N–H and O–H groups in total. The summed E-state index contributed by atoms with van der Waals surface area (Å²) in [5, 5.41) is 1.92. The monoisotopic (exact) mass is 672 g/mol. The molecule has 0 saturated carbocycles. The minimum absolute atomic E-state index is 0.701. The second-order valence-electron chi connectivity index (χ2n) is 13.1. The molecule has 7 aromatic carbocycles. The lowest BCUT2D eigenvalue weighted by atomic mass is 9.96. The molecule has 4 heteroatoms.